The maximum Gasteiger partial charge on any atom is 0.289 e. The van der Waals surface area contributed by atoms with Gasteiger partial charge in [-0.05, 0) is 30.4 Å². The summed E-state index contributed by atoms with van der Waals surface area (Å²) in [5.74, 6) is 0.00117. The summed E-state index contributed by atoms with van der Waals surface area (Å²) in [4.78, 5) is 16.8. The zero-order valence-corrected chi connectivity index (χ0v) is 18.4. The Hall–Kier alpha value is -2.33. The highest BCUT2D eigenvalue weighted by Crippen LogP contribution is 2.39. The Balaban J connectivity index is 1.71. The van der Waals surface area contributed by atoms with E-state index in [-0.39, 0.29) is 35.5 Å². The highest BCUT2D eigenvalue weighted by Gasteiger charge is 2.49. The van der Waals surface area contributed by atoms with Gasteiger partial charge in [-0.2, -0.15) is 9.37 Å². The lowest BCUT2D eigenvalue weighted by Crippen LogP contribution is -2.53. The third kappa shape index (κ3) is 4.23. The van der Waals surface area contributed by atoms with Crippen molar-refractivity contribution < 1.29 is 18.2 Å². The van der Waals surface area contributed by atoms with Gasteiger partial charge in [-0.3, -0.25) is 15.0 Å². The molecule has 9 heteroatoms. The summed E-state index contributed by atoms with van der Waals surface area (Å²) < 4.78 is 28.8. The van der Waals surface area contributed by atoms with Crippen molar-refractivity contribution in [2.75, 3.05) is 6.54 Å². The summed E-state index contributed by atoms with van der Waals surface area (Å²) in [5.41, 5.74) is 0.695. The van der Waals surface area contributed by atoms with Gasteiger partial charge in [0.15, 0.2) is 4.90 Å². The predicted molar refractivity (Wildman–Crippen MR) is 115 cm³/mol. The van der Waals surface area contributed by atoms with Crippen LogP contribution in [0.15, 0.2) is 59.5 Å². The fourth-order valence-corrected chi connectivity index (χ4v) is 6.68. The van der Waals surface area contributed by atoms with Gasteiger partial charge in [-0.25, -0.2) is 8.42 Å². The van der Waals surface area contributed by atoms with E-state index in [1.165, 1.54) is 28.6 Å². The molecule has 2 aliphatic heterocycles. The molecule has 2 bridgehead atoms. The van der Waals surface area contributed by atoms with Crippen LogP contribution in [0, 0.1) is 16.0 Å². The number of para-hydroxylation sites is 1. The molecule has 0 amide bonds. The summed E-state index contributed by atoms with van der Waals surface area (Å²) in [7, 11) is -4.06. The van der Waals surface area contributed by atoms with Crippen LogP contribution in [0.5, 0.6) is 0 Å². The fourth-order valence-electron chi connectivity index (χ4n) is 4.72. The van der Waals surface area contributed by atoms with Gasteiger partial charge in [-0.1, -0.05) is 56.3 Å². The van der Waals surface area contributed by atoms with Crippen molar-refractivity contribution >= 4 is 15.7 Å². The van der Waals surface area contributed by atoms with Crippen molar-refractivity contribution in [1.82, 2.24) is 9.37 Å². The molecule has 3 unspecified atom stereocenters. The number of hydroxylamine groups is 2. The topological polar surface area (TPSA) is 93.0 Å². The van der Waals surface area contributed by atoms with Crippen molar-refractivity contribution in [3.05, 3.63) is 70.3 Å². The quantitative estimate of drug-likeness (QED) is 0.498. The van der Waals surface area contributed by atoms with Gasteiger partial charge >= 0.3 is 0 Å². The van der Waals surface area contributed by atoms with Crippen molar-refractivity contribution in [1.29, 1.82) is 0 Å². The fraction of sp³-hybridized carbons (Fsp3) is 0.455. The van der Waals surface area contributed by atoms with E-state index in [0.29, 0.717) is 13.0 Å². The summed E-state index contributed by atoms with van der Waals surface area (Å²) in [6.07, 6.45) is 1.21. The average Bonchev–Trinajstić information content (AvgIpc) is 3.00. The first-order chi connectivity index (χ1) is 14.8. The van der Waals surface area contributed by atoms with E-state index in [1.54, 1.807) is 0 Å². The number of nitrogens with zero attached hydrogens (tertiary/aromatic N) is 3. The Morgan fingerprint density at radius 2 is 1.81 bits per heavy atom. The predicted octanol–water partition coefficient (Wildman–Crippen LogP) is 3.59. The van der Waals surface area contributed by atoms with Crippen molar-refractivity contribution in [2.24, 2.45) is 5.92 Å². The first-order valence-electron chi connectivity index (χ1n) is 10.5. The van der Waals surface area contributed by atoms with Crippen molar-refractivity contribution in [2.45, 2.75) is 56.3 Å². The van der Waals surface area contributed by atoms with E-state index in [4.69, 9.17) is 4.84 Å². The maximum absolute atomic E-state index is 13.7. The van der Waals surface area contributed by atoms with Crippen molar-refractivity contribution in [3.63, 3.8) is 0 Å². The molecule has 2 aliphatic rings. The summed E-state index contributed by atoms with van der Waals surface area (Å²) in [6, 6.07) is 15.0. The lowest BCUT2D eigenvalue weighted by molar-refractivity contribution is -0.387. The number of nitro benzene ring substituents is 1. The number of sulfonamides is 1. The second-order valence-electron chi connectivity index (χ2n) is 8.46. The van der Waals surface area contributed by atoms with Gasteiger partial charge in [0, 0.05) is 25.2 Å². The number of benzene rings is 2. The van der Waals surface area contributed by atoms with E-state index in [2.05, 4.69) is 0 Å². The molecule has 0 saturated carbocycles. The molecule has 0 aliphatic carbocycles. The van der Waals surface area contributed by atoms with Gasteiger partial charge in [0.05, 0.1) is 17.1 Å². The summed E-state index contributed by atoms with van der Waals surface area (Å²) >= 11 is 0. The Bertz CT molecular complexity index is 1040. The number of fused-ring (bicyclic) bond motifs is 2. The van der Waals surface area contributed by atoms with Crippen LogP contribution in [0.4, 0.5) is 5.69 Å². The lowest BCUT2D eigenvalue weighted by atomic mass is 9.94. The SMILES string of the molecule is CC(C)C1C2CC(CCN1S(=O)(=O)c1ccccc1[N+](=O)[O-])ON2Cc1ccccc1. The number of hydrogen-bond donors (Lipinski definition) is 0. The van der Waals surface area contributed by atoms with E-state index in [9.17, 15) is 18.5 Å². The monoisotopic (exact) mass is 445 g/mol. The summed E-state index contributed by atoms with van der Waals surface area (Å²) in [5, 5.41) is 13.4. The van der Waals surface area contributed by atoms with Crippen LogP contribution < -0.4 is 0 Å². The molecule has 8 nitrogen and oxygen atoms in total. The van der Waals surface area contributed by atoms with Crippen LogP contribution in [-0.4, -0.2) is 47.4 Å². The maximum atomic E-state index is 13.7. The van der Waals surface area contributed by atoms with Gasteiger partial charge in [0.1, 0.15) is 0 Å². The molecule has 0 spiro atoms. The van der Waals surface area contributed by atoms with E-state index in [1.807, 2.05) is 49.2 Å². The Kier molecular flexibility index (Phi) is 6.11. The minimum Gasteiger partial charge on any atom is -0.295 e. The smallest absolute Gasteiger partial charge is 0.289 e. The molecule has 2 aromatic carbocycles. The standard InChI is InChI=1S/C22H27N3O5S/c1-16(2)22-20-14-18(30-23(20)15-17-8-4-3-5-9-17)12-13-24(22)31(28,29)21-11-7-6-10-19(21)25(26)27/h3-11,16,18,20,22H,12-15H2,1-2H3. The van der Waals surface area contributed by atoms with Crippen molar-refractivity contribution in [3.8, 4) is 0 Å². The first-order valence-corrected chi connectivity index (χ1v) is 12.0. The molecule has 2 saturated heterocycles. The van der Waals surface area contributed by atoms with Gasteiger partial charge in [0.25, 0.3) is 5.69 Å². The summed E-state index contributed by atoms with van der Waals surface area (Å²) in [6.45, 7) is 4.82. The van der Waals surface area contributed by atoms with Crippen LogP contribution >= 0.6 is 0 Å². The molecule has 166 valence electrons. The zero-order valence-electron chi connectivity index (χ0n) is 17.6. The molecule has 2 heterocycles. The zero-order chi connectivity index (χ0) is 22.2. The Labute approximate surface area is 182 Å². The number of rotatable bonds is 6. The minimum absolute atomic E-state index is 0.00117. The van der Waals surface area contributed by atoms with E-state index < -0.39 is 20.6 Å². The van der Waals surface area contributed by atoms with Gasteiger partial charge < -0.3 is 0 Å². The second kappa shape index (κ2) is 8.66. The van der Waals surface area contributed by atoms with E-state index in [0.717, 1.165) is 12.0 Å². The van der Waals surface area contributed by atoms with Crippen LogP contribution in [0.1, 0.15) is 32.3 Å². The second-order valence-corrected chi connectivity index (χ2v) is 10.3. The van der Waals surface area contributed by atoms with Crippen LogP contribution in [-0.2, 0) is 21.4 Å². The Morgan fingerprint density at radius 3 is 2.48 bits per heavy atom. The normalized spacial score (nSPS) is 24.9. The molecule has 3 atom stereocenters. The lowest BCUT2D eigenvalue weighted by Gasteiger charge is -2.40. The molecule has 2 aromatic rings. The van der Waals surface area contributed by atoms with Crippen LogP contribution in [0.3, 0.4) is 0 Å². The van der Waals surface area contributed by atoms with Crippen LogP contribution in [0.2, 0.25) is 0 Å². The molecular formula is C22H27N3O5S. The minimum atomic E-state index is -4.06. The molecular weight excluding hydrogens is 418 g/mol. The van der Waals surface area contributed by atoms with E-state index >= 15 is 0 Å². The highest BCUT2D eigenvalue weighted by molar-refractivity contribution is 7.89. The first kappa shape index (κ1) is 21.9. The third-order valence-corrected chi connectivity index (χ3v) is 8.01. The molecule has 2 fully saturated rings. The Morgan fingerprint density at radius 1 is 1.13 bits per heavy atom. The molecule has 0 aromatic heterocycles. The van der Waals surface area contributed by atoms with Gasteiger partial charge in [-0.15, -0.1) is 0 Å². The average molecular weight is 446 g/mol. The van der Waals surface area contributed by atoms with Gasteiger partial charge in [0.2, 0.25) is 10.0 Å². The number of nitro groups is 1. The number of hydrogen-bond acceptors (Lipinski definition) is 6. The molecule has 4 rings (SSSR count). The van der Waals surface area contributed by atoms with Crippen LogP contribution in [0.25, 0.3) is 0 Å². The molecule has 0 radical (unpaired) electrons. The molecule has 0 N–H and O–H groups in total. The highest BCUT2D eigenvalue weighted by atomic mass is 32.2. The third-order valence-electron chi connectivity index (χ3n) is 6.07. The largest absolute Gasteiger partial charge is 0.295 e. The molecule has 31 heavy (non-hydrogen) atoms.